The molecule has 2 heterocycles. The van der Waals surface area contributed by atoms with Crippen LogP contribution in [0.25, 0.3) is 0 Å². The second-order valence-electron chi connectivity index (χ2n) is 5.45. The van der Waals surface area contributed by atoms with Crippen LogP contribution in [0.5, 0.6) is 5.75 Å². The van der Waals surface area contributed by atoms with E-state index in [1.807, 2.05) is 6.20 Å². The van der Waals surface area contributed by atoms with E-state index in [9.17, 15) is 0 Å². The largest absolute Gasteiger partial charge is 0.490 e. The zero-order chi connectivity index (χ0) is 13.7. The fourth-order valence-electron chi connectivity index (χ4n) is 2.32. The van der Waals surface area contributed by atoms with Crippen LogP contribution >= 0.6 is 0 Å². The Morgan fingerprint density at radius 3 is 3.00 bits per heavy atom. The predicted octanol–water partition coefficient (Wildman–Crippen LogP) is 2.04. The number of aliphatic hydroxyl groups is 1. The molecule has 0 radical (unpaired) electrons. The smallest absolute Gasteiger partial charge is 0.137 e. The maximum absolute atomic E-state index is 8.88. The molecule has 1 saturated heterocycles. The molecule has 19 heavy (non-hydrogen) atoms. The summed E-state index contributed by atoms with van der Waals surface area (Å²) in [6.07, 6.45) is 6.70. The topological polar surface area (TPSA) is 45.6 Å². The van der Waals surface area contributed by atoms with Gasteiger partial charge in [0.2, 0.25) is 0 Å². The monoisotopic (exact) mass is 264 g/mol. The molecule has 4 heteroatoms. The number of ether oxygens (including phenoxy) is 1. The average Bonchev–Trinajstić information content (AvgIpc) is 2.43. The fraction of sp³-hybridized carbons (Fsp3) is 0.667. The zero-order valence-corrected chi connectivity index (χ0v) is 11.9. The van der Waals surface area contributed by atoms with Gasteiger partial charge in [0.1, 0.15) is 12.4 Å². The number of aromatic nitrogens is 1. The van der Waals surface area contributed by atoms with Gasteiger partial charge in [0.25, 0.3) is 0 Å². The van der Waals surface area contributed by atoms with Crippen molar-refractivity contribution in [3.8, 4) is 5.75 Å². The Morgan fingerprint density at radius 1 is 1.53 bits per heavy atom. The van der Waals surface area contributed by atoms with Crippen molar-refractivity contribution in [1.82, 2.24) is 9.88 Å². The molecule has 1 fully saturated rings. The van der Waals surface area contributed by atoms with Crippen molar-refractivity contribution in [2.75, 3.05) is 26.8 Å². The maximum Gasteiger partial charge on any atom is 0.137 e. The summed E-state index contributed by atoms with van der Waals surface area (Å²) in [6.45, 7) is 4.33. The molecule has 1 aromatic rings. The Labute approximate surface area is 115 Å². The molecule has 0 aromatic carbocycles. The lowest BCUT2D eigenvalue weighted by molar-refractivity contribution is 0.0767. The molecule has 0 saturated carbocycles. The average molecular weight is 264 g/mol. The number of pyridine rings is 1. The second kappa shape index (κ2) is 6.87. The standard InChI is InChI=1S/C15H24N2O2/c1-12(4-3-7-18)13-8-15(10-16-9-13)19-11-14-5-6-17(14)2/h8-10,12,14,18H,3-7,11H2,1-2H3. The molecular weight excluding hydrogens is 240 g/mol. The van der Waals surface area contributed by atoms with Gasteiger partial charge in [-0.1, -0.05) is 6.92 Å². The van der Waals surface area contributed by atoms with Crippen molar-refractivity contribution < 1.29 is 9.84 Å². The van der Waals surface area contributed by atoms with Gasteiger partial charge < -0.3 is 9.84 Å². The highest BCUT2D eigenvalue weighted by Gasteiger charge is 2.24. The number of hydrogen-bond donors (Lipinski definition) is 1. The van der Waals surface area contributed by atoms with Crippen molar-refractivity contribution in [3.63, 3.8) is 0 Å². The first-order chi connectivity index (χ1) is 9.20. The number of aliphatic hydroxyl groups excluding tert-OH is 1. The van der Waals surface area contributed by atoms with Crippen molar-refractivity contribution in [3.05, 3.63) is 24.0 Å². The molecule has 2 unspecified atom stereocenters. The van der Waals surface area contributed by atoms with Crippen LogP contribution in [0.2, 0.25) is 0 Å². The van der Waals surface area contributed by atoms with Crippen molar-refractivity contribution in [1.29, 1.82) is 0 Å². The van der Waals surface area contributed by atoms with Crippen LogP contribution < -0.4 is 4.74 Å². The molecule has 1 aliphatic heterocycles. The van der Waals surface area contributed by atoms with E-state index in [1.165, 1.54) is 18.5 Å². The van der Waals surface area contributed by atoms with Crippen LogP contribution in [-0.2, 0) is 0 Å². The van der Waals surface area contributed by atoms with Crippen LogP contribution in [0.15, 0.2) is 18.5 Å². The van der Waals surface area contributed by atoms with Crippen LogP contribution in [0, 0.1) is 0 Å². The van der Waals surface area contributed by atoms with E-state index >= 15 is 0 Å². The lowest BCUT2D eigenvalue weighted by Crippen LogP contribution is -2.48. The van der Waals surface area contributed by atoms with Gasteiger partial charge >= 0.3 is 0 Å². The van der Waals surface area contributed by atoms with Crippen molar-refractivity contribution in [2.45, 2.75) is 38.1 Å². The van der Waals surface area contributed by atoms with Gasteiger partial charge in [0.05, 0.1) is 6.20 Å². The van der Waals surface area contributed by atoms with Gasteiger partial charge in [0, 0.05) is 18.8 Å². The summed E-state index contributed by atoms with van der Waals surface area (Å²) in [6, 6.07) is 2.63. The minimum Gasteiger partial charge on any atom is -0.490 e. The van der Waals surface area contributed by atoms with E-state index < -0.39 is 0 Å². The highest BCUT2D eigenvalue weighted by Crippen LogP contribution is 2.24. The van der Waals surface area contributed by atoms with Gasteiger partial charge in [-0.15, -0.1) is 0 Å². The van der Waals surface area contributed by atoms with Crippen LogP contribution in [0.4, 0.5) is 0 Å². The molecule has 106 valence electrons. The second-order valence-corrected chi connectivity index (χ2v) is 5.45. The number of rotatable bonds is 7. The minimum atomic E-state index is 0.252. The summed E-state index contributed by atoms with van der Waals surface area (Å²) in [5.41, 5.74) is 1.19. The SMILES string of the molecule is CC(CCCO)c1cncc(OCC2CCN2C)c1. The summed E-state index contributed by atoms with van der Waals surface area (Å²) in [7, 11) is 2.13. The molecule has 1 N–H and O–H groups in total. The number of hydrogen-bond acceptors (Lipinski definition) is 4. The number of nitrogens with zero attached hydrogens (tertiary/aromatic N) is 2. The molecule has 2 atom stereocenters. The Balaban J connectivity index is 1.87. The van der Waals surface area contributed by atoms with Gasteiger partial charge in [-0.25, -0.2) is 0 Å². The Kier molecular flexibility index (Phi) is 5.16. The minimum absolute atomic E-state index is 0.252. The van der Waals surface area contributed by atoms with Gasteiger partial charge in [0.15, 0.2) is 0 Å². The first-order valence-electron chi connectivity index (χ1n) is 7.09. The summed E-state index contributed by atoms with van der Waals surface area (Å²) in [5, 5.41) is 8.88. The third kappa shape index (κ3) is 3.91. The molecular formula is C15H24N2O2. The zero-order valence-electron chi connectivity index (χ0n) is 11.9. The highest BCUT2D eigenvalue weighted by atomic mass is 16.5. The van der Waals surface area contributed by atoms with E-state index in [-0.39, 0.29) is 6.61 Å². The molecule has 2 rings (SSSR count). The molecule has 0 spiro atoms. The molecule has 0 amide bonds. The lowest BCUT2D eigenvalue weighted by atomic mass is 9.98. The summed E-state index contributed by atoms with van der Waals surface area (Å²) in [4.78, 5) is 6.56. The number of likely N-dealkylation sites (tertiary alicyclic amines) is 1. The van der Waals surface area contributed by atoms with Crippen LogP contribution in [-0.4, -0.2) is 47.8 Å². The van der Waals surface area contributed by atoms with E-state index in [0.717, 1.165) is 25.2 Å². The molecule has 1 aliphatic rings. The third-order valence-electron chi connectivity index (χ3n) is 3.98. The van der Waals surface area contributed by atoms with Gasteiger partial charge in [-0.3, -0.25) is 9.88 Å². The van der Waals surface area contributed by atoms with E-state index in [4.69, 9.17) is 9.84 Å². The summed E-state index contributed by atoms with van der Waals surface area (Å²) < 4.78 is 5.82. The normalized spacial score (nSPS) is 20.9. The van der Waals surface area contributed by atoms with Gasteiger partial charge in [-0.05, 0) is 50.4 Å². The fourth-order valence-corrected chi connectivity index (χ4v) is 2.32. The van der Waals surface area contributed by atoms with E-state index in [1.54, 1.807) is 6.20 Å². The predicted molar refractivity (Wildman–Crippen MR) is 75.5 cm³/mol. The quantitative estimate of drug-likeness (QED) is 0.818. The van der Waals surface area contributed by atoms with Crippen LogP contribution in [0.3, 0.4) is 0 Å². The van der Waals surface area contributed by atoms with Crippen molar-refractivity contribution in [2.24, 2.45) is 0 Å². The first kappa shape index (κ1) is 14.3. The molecule has 4 nitrogen and oxygen atoms in total. The van der Waals surface area contributed by atoms with E-state index in [0.29, 0.717) is 12.0 Å². The van der Waals surface area contributed by atoms with E-state index in [2.05, 4.69) is 29.9 Å². The number of likely N-dealkylation sites (N-methyl/N-ethyl adjacent to an activating group) is 1. The molecule has 1 aromatic heterocycles. The third-order valence-corrected chi connectivity index (χ3v) is 3.98. The summed E-state index contributed by atoms with van der Waals surface area (Å²) >= 11 is 0. The lowest BCUT2D eigenvalue weighted by Gasteiger charge is -2.37. The van der Waals surface area contributed by atoms with Gasteiger partial charge in [-0.2, -0.15) is 0 Å². The Morgan fingerprint density at radius 2 is 2.37 bits per heavy atom. The van der Waals surface area contributed by atoms with Crippen molar-refractivity contribution >= 4 is 0 Å². The Hall–Kier alpha value is -1.13. The maximum atomic E-state index is 8.88. The summed E-state index contributed by atoms with van der Waals surface area (Å²) in [5.74, 6) is 1.27. The Bertz CT molecular complexity index is 397. The molecule has 0 bridgehead atoms. The molecule has 0 aliphatic carbocycles. The van der Waals surface area contributed by atoms with Crippen LogP contribution in [0.1, 0.15) is 37.7 Å². The highest BCUT2D eigenvalue weighted by molar-refractivity contribution is 5.26. The first-order valence-corrected chi connectivity index (χ1v) is 7.09.